The Kier molecular flexibility index (Phi) is 12.5. The van der Waals surface area contributed by atoms with Crippen LogP contribution in [0, 0.1) is 0 Å². The lowest BCUT2D eigenvalue weighted by molar-refractivity contribution is 0.302. The van der Waals surface area contributed by atoms with E-state index in [1.807, 2.05) is 0 Å². The third-order valence-electron chi connectivity index (χ3n) is 3.02. The van der Waals surface area contributed by atoms with Gasteiger partial charge in [-0.2, -0.15) is 0 Å². The van der Waals surface area contributed by atoms with Crippen molar-refractivity contribution in [1.29, 1.82) is 0 Å². The minimum Gasteiger partial charge on any atom is -0.396 e. The van der Waals surface area contributed by atoms with Gasteiger partial charge in [0, 0.05) is 6.61 Å². The molecule has 0 heterocycles. The van der Waals surface area contributed by atoms with Crippen LogP contribution < -0.4 is 0 Å². The molecule has 0 rings (SSSR count). The molecule has 0 saturated carbocycles. The van der Waals surface area contributed by atoms with Crippen LogP contribution in [0.2, 0.25) is 0 Å². The lowest BCUT2D eigenvalue weighted by atomic mass is 10.00. The first-order valence-electron chi connectivity index (χ1n) is 7.13. The maximum absolute atomic E-state index is 8.85. The highest BCUT2D eigenvalue weighted by Gasteiger charge is 1.98. The minimum absolute atomic E-state index is 0.298. The summed E-state index contributed by atoms with van der Waals surface area (Å²) in [5.74, 6) is 0. The topological polar surface area (TPSA) is 20.2 Å². The zero-order valence-corrected chi connectivity index (χ0v) is 11.3. The first-order valence-corrected chi connectivity index (χ1v) is 7.13. The van der Waals surface area contributed by atoms with Crippen LogP contribution in [-0.4, -0.2) is 11.7 Å². The first kappa shape index (κ1) is 15.7. The second-order valence-electron chi connectivity index (χ2n) is 4.64. The van der Waals surface area contributed by atoms with Crippen LogP contribution in [-0.2, 0) is 0 Å². The predicted octanol–water partition coefficient (Wildman–Crippen LogP) is 4.85. The van der Waals surface area contributed by atoms with E-state index in [1.54, 1.807) is 5.57 Å². The normalized spacial score (nSPS) is 12.1. The molecule has 0 fully saturated rings. The monoisotopic (exact) mass is 226 g/mol. The van der Waals surface area contributed by atoms with Crippen molar-refractivity contribution in [3.05, 3.63) is 11.6 Å². The molecule has 0 radical (unpaired) electrons. The molecule has 0 unspecified atom stereocenters. The fourth-order valence-corrected chi connectivity index (χ4v) is 1.98. The van der Waals surface area contributed by atoms with Gasteiger partial charge >= 0.3 is 0 Å². The fraction of sp³-hybridized carbons (Fsp3) is 0.867. The summed E-state index contributed by atoms with van der Waals surface area (Å²) in [6.07, 6.45) is 14.9. The van der Waals surface area contributed by atoms with Crippen LogP contribution in [0.4, 0.5) is 0 Å². The van der Waals surface area contributed by atoms with Crippen molar-refractivity contribution in [3.8, 4) is 0 Å². The molecule has 0 atom stereocenters. The third kappa shape index (κ3) is 10.2. The smallest absolute Gasteiger partial charge is 0.0465 e. The van der Waals surface area contributed by atoms with Crippen molar-refractivity contribution >= 4 is 0 Å². The van der Waals surface area contributed by atoms with Gasteiger partial charge in [-0.15, -0.1) is 0 Å². The summed E-state index contributed by atoms with van der Waals surface area (Å²) in [7, 11) is 0. The number of allylic oxidation sites excluding steroid dienone is 1. The maximum Gasteiger partial charge on any atom is 0.0465 e. The fourth-order valence-electron chi connectivity index (χ4n) is 1.98. The number of rotatable bonds is 11. The molecule has 0 amide bonds. The number of hydrogen-bond acceptors (Lipinski definition) is 1. The van der Waals surface area contributed by atoms with Gasteiger partial charge in [-0.25, -0.2) is 0 Å². The molecule has 0 aliphatic heterocycles. The van der Waals surface area contributed by atoms with E-state index in [4.69, 9.17) is 5.11 Å². The standard InChI is InChI=1S/C15H30O/c1-3-5-7-9-12-15(13-10-14-16)11-8-6-4-2/h13,16H,3-12,14H2,1-2H3/b15-13-. The molecule has 0 aliphatic rings. The van der Waals surface area contributed by atoms with E-state index in [0.717, 1.165) is 6.42 Å². The Labute approximate surface area is 102 Å². The first-order chi connectivity index (χ1) is 7.85. The molecule has 1 nitrogen and oxygen atoms in total. The molecule has 0 aliphatic carbocycles. The maximum atomic E-state index is 8.85. The largest absolute Gasteiger partial charge is 0.396 e. The van der Waals surface area contributed by atoms with Gasteiger partial charge in [-0.1, -0.05) is 57.6 Å². The second kappa shape index (κ2) is 12.8. The van der Waals surface area contributed by atoms with Gasteiger partial charge in [0.25, 0.3) is 0 Å². The SMILES string of the molecule is CCCCCC/C(=C\CCO)CCCCC. The van der Waals surface area contributed by atoms with Crippen LogP contribution in [0.5, 0.6) is 0 Å². The lowest BCUT2D eigenvalue weighted by Gasteiger charge is -2.07. The highest BCUT2D eigenvalue weighted by molar-refractivity contribution is 5.01. The van der Waals surface area contributed by atoms with E-state index in [2.05, 4.69) is 19.9 Å². The van der Waals surface area contributed by atoms with Crippen molar-refractivity contribution in [2.45, 2.75) is 78.1 Å². The molecule has 0 bridgehead atoms. The average molecular weight is 226 g/mol. The molecule has 96 valence electrons. The van der Waals surface area contributed by atoms with E-state index in [9.17, 15) is 0 Å². The van der Waals surface area contributed by atoms with E-state index in [-0.39, 0.29) is 0 Å². The Bertz CT molecular complexity index is 161. The molecule has 1 N–H and O–H groups in total. The van der Waals surface area contributed by atoms with Gasteiger partial charge in [0.1, 0.15) is 0 Å². The zero-order valence-electron chi connectivity index (χ0n) is 11.3. The van der Waals surface area contributed by atoms with Crippen molar-refractivity contribution in [2.75, 3.05) is 6.61 Å². The Morgan fingerprint density at radius 2 is 1.44 bits per heavy atom. The summed E-state index contributed by atoms with van der Waals surface area (Å²) in [5, 5.41) is 8.85. The highest BCUT2D eigenvalue weighted by Crippen LogP contribution is 2.17. The molecule has 16 heavy (non-hydrogen) atoms. The molecule has 0 aromatic rings. The van der Waals surface area contributed by atoms with Crippen molar-refractivity contribution < 1.29 is 5.11 Å². The van der Waals surface area contributed by atoms with E-state index >= 15 is 0 Å². The van der Waals surface area contributed by atoms with Crippen molar-refractivity contribution in [3.63, 3.8) is 0 Å². The summed E-state index contributed by atoms with van der Waals surface area (Å²) < 4.78 is 0. The minimum atomic E-state index is 0.298. The van der Waals surface area contributed by atoms with E-state index in [0.29, 0.717) is 6.61 Å². The quantitative estimate of drug-likeness (QED) is 0.394. The summed E-state index contributed by atoms with van der Waals surface area (Å²) in [4.78, 5) is 0. The number of aliphatic hydroxyl groups excluding tert-OH is 1. The number of hydrogen-bond donors (Lipinski definition) is 1. The predicted molar refractivity (Wildman–Crippen MR) is 72.7 cm³/mol. The lowest BCUT2D eigenvalue weighted by Crippen LogP contribution is -1.89. The van der Waals surface area contributed by atoms with Crippen molar-refractivity contribution in [1.82, 2.24) is 0 Å². The van der Waals surface area contributed by atoms with Crippen LogP contribution in [0.3, 0.4) is 0 Å². The molecule has 1 heteroatoms. The third-order valence-corrected chi connectivity index (χ3v) is 3.02. The van der Waals surface area contributed by atoms with E-state index < -0.39 is 0 Å². The van der Waals surface area contributed by atoms with Crippen molar-refractivity contribution in [2.24, 2.45) is 0 Å². The zero-order chi connectivity index (χ0) is 12.1. The molecular formula is C15H30O. The Hall–Kier alpha value is -0.300. The summed E-state index contributed by atoms with van der Waals surface area (Å²) in [6, 6.07) is 0. The summed E-state index contributed by atoms with van der Waals surface area (Å²) in [6.45, 7) is 4.80. The van der Waals surface area contributed by atoms with Crippen LogP contribution >= 0.6 is 0 Å². The van der Waals surface area contributed by atoms with Gasteiger partial charge in [-0.3, -0.25) is 0 Å². The van der Waals surface area contributed by atoms with E-state index in [1.165, 1.54) is 57.8 Å². The van der Waals surface area contributed by atoms with Gasteiger partial charge < -0.3 is 5.11 Å². The van der Waals surface area contributed by atoms with Gasteiger partial charge in [0.05, 0.1) is 0 Å². The molecule has 0 saturated heterocycles. The van der Waals surface area contributed by atoms with Crippen LogP contribution in [0.1, 0.15) is 78.1 Å². The molecular weight excluding hydrogens is 196 g/mol. The second-order valence-corrected chi connectivity index (χ2v) is 4.64. The summed E-state index contributed by atoms with van der Waals surface area (Å²) in [5.41, 5.74) is 1.58. The molecule has 0 aromatic heterocycles. The van der Waals surface area contributed by atoms with Gasteiger partial charge in [0.2, 0.25) is 0 Å². The number of aliphatic hydroxyl groups is 1. The molecule has 0 aromatic carbocycles. The Morgan fingerprint density at radius 1 is 0.875 bits per heavy atom. The molecule has 0 spiro atoms. The number of unbranched alkanes of at least 4 members (excludes halogenated alkanes) is 5. The Balaban J connectivity index is 3.72. The van der Waals surface area contributed by atoms with Crippen LogP contribution in [0.15, 0.2) is 11.6 Å². The Morgan fingerprint density at radius 3 is 2.00 bits per heavy atom. The summed E-state index contributed by atoms with van der Waals surface area (Å²) >= 11 is 0. The van der Waals surface area contributed by atoms with Crippen LogP contribution in [0.25, 0.3) is 0 Å². The van der Waals surface area contributed by atoms with Gasteiger partial charge in [-0.05, 0) is 32.1 Å². The average Bonchev–Trinajstić information content (AvgIpc) is 2.31. The van der Waals surface area contributed by atoms with Gasteiger partial charge in [0.15, 0.2) is 0 Å². The highest BCUT2D eigenvalue weighted by atomic mass is 16.2.